The molecule has 48 heavy (non-hydrogen) atoms. The molecule has 1 heterocycles. The van der Waals surface area contributed by atoms with Gasteiger partial charge in [0.25, 0.3) is 0 Å². The van der Waals surface area contributed by atoms with Crippen LogP contribution in [0, 0.1) is 17.3 Å². The number of carbonyl (C=O) groups excluding carboxylic acids is 2. The van der Waals surface area contributed by atoms with Gasteiger partial charge in [-0.25, -0.2) is 4.79 Å². The molecule has 1 amide bonds. The number of ketones is 1. The molecule has 6 atom stereocenters. The highest BCUT2D eigenvalue weighted by Crippen LogP contribution is 2.63. The van der Waals surface area contributed by atoms with Crippen LogP contribution in [-0.4, -0.2) is 57.2 Å². The number of nitrogens with two attached hydrogens (primary N) is 1. The Balaban J connectivity index is 1.65. The SMILES string of the molecule is C=C(/C=C/C=C(/CO)[C@H]1CC[C@@]2([C@H](CCCO)/C(=C(\C)C(=O)Cc3cccc4c3OC(=O)N[C@@H]4N)CC[C@@]2(C)O)[C@@H]1O)CCC=C(C)C. The van der Waals surface area contributed by atoms with Crippen molar-refractivity contribution in [3.63, 3.8) is 0 Å². The molecule has 9 nitrogen and oxygen atoms in total. The minimum absolute atomic E-state index is 0.0108. The van der Waals surface area contributed by atoms with Gasteiger partial charge in [-0.05, 0) is 96.1 Å². The van der Waals surface area contributed by atoms with Gasteiger partial charge in [-0.1, -0.05) is 65.8 Å². The number of amides is 1. The fraction of sp³-hybridized carbons (Fsp3) is 0.538. The Morgan fingerprint density at radius 2 is 1.96 bits per heavy atom. The zero-order valence-electron chi connectivity index (χ0n) is 28.9. The van der Waals surface area contributed by atoms with Crippen LogP contribution in [0.4, 0.5) is 4.79 Å². The summed E-state index contributed by atoms with van der Waals surface area (Å²) in [6, 6.07) is 5.28. The minimum Gasteiger partial charge on any atom is -0.410 e. The number of Topliss-reactive ketones (excluding diaryl/α,β-unsaturated/α-hetero) is 1. The molecule has 0 bridgehead atoms. The van der Waals surface area contributed by atoms with Crippen molar-refractivity contribution in [2.75, 3.05) is 13.2 Å². The number of ether oxygens (including phenoxy) is 1. The number of benzene rings is 1. The van der Waals surface area contributed by atoms with Gasteiger partial charge in [0.05, 0.1) is 18.3 Å². The number of fused-ring (bicyclic) bond motifs is 1. The van der Waals surface area contributed by atoms with E-state index >= 15 is 0 Å². The molecule has 3 aliphatic rings. The molecule has 2 saturated carbocycles. The molecule has 7 N–H and O–H groups in total. The number of hydrogen-bond donors (Lipinski definition) is 6. The van der Waals surface area contributed by atoms with Gasteiger partial charge in [0, 0.05) is 35.5 Å². The van der Waals surface area contributed by atoms with Crippen LogP contribution in [0.1, 0.15) is 96.4 Å². The summed E-state index contributed by atoms with van der Waals surface area (Å²) in [6.07, 6.45) is 9.93. The highest BCUT2D eigenvalue weighted by atomic mass is 16.6. The predicted molar refractivity (Wildman–Crippen MR) is 187 cm³/mol. The number of hydrogen-bond acceptors (Lipinski definition) is 8. The van der Waals surface area contributed by atoms with Crippen LogP contribution in [0.3, 0.4) is 0 Å². The average molecular weight is 663 g/mol. The van der Waals surface area contributed by atoms with E-state index < -0.39 is 29.4 Å². The Hall–Kier alpha value is -3.34. The normalized spacial score (nSPS) is 29.8. The largest absolute Gasteiger partial charge is 0.414 e. The summed E-state index contributed by atoms with van der Waals surface area (Å²) in [5.41, 5.74) is 9.33. The Labute approximate surface area is 285 Å². The molecule has 1 spiro atoms. The number of allylic oxidation sites excluding steroid dienone is 8. The smallest absolute Gasteiger partial charge is 0.410 e. The lowest BCUT2D eigenvalue weighted by Crippen LogP contribution is -2.59. The maximum Gasteiger partial charge on any atom is 0.414 e. The second-order valence-electron chi connectivity index (χ2n) is 14.2. The van der Waals surface area contributed by atoms with E-state index in [0.29, 0.717) is 66.5 Å². The monoisotopic (exact) mass is 662 g/mol. The molecule has 0 saturated heterocycles. The third-order valence-corrected chi connectivity index (χ3v) is 10.9. The van der Waals surface area contributed by atoms with Gasteiger partial charge < -0.3 is 36.2 Å². The van der Waals surface area contributed by atoms with E-state index in [2.05, 4.69) is 31.8 Å². The Morgan fingerprint density at radius 1 is 1.21 bits per heavy atom. The molecule has 262 valence electrons. The van der Waals surface area contributed by atoms with E-state index in [1.165, 1.54) is 5.57 Å². The molecular weight excluding hydrogens is 608 g/mol. The molecule has 0 aromatic heterocycles. The highest BCUT2D eigenvalue weighted by Gasteiger charge is 2.64. The zero-order valence-corrected chi connectivity index (χ0v) is 28.9. The van der Waals surface area contributed by atoms with E-state index in [1.54, 1.807) is 32.0 Å². The predicted octanol–water partition coefficient (Wildman–Crippen LogP) is 5.64. The van der Waals surface area contributed by atoms with Gasteiger partial charge >= 0.3 is 6.09 Å². The van der Waals surface area contributed by atoms with Crippen molar-refractivity contribution < 1.29 is 34.8 Å². The number of aliphatic hydroxyl groups is 4. The van der Waals surface area contributed by atoms with E-state index in [-0.39, 0.29) is 37.3 Å². The first-order valence-electron chi connectivity index (χ1n) is 17.2. The summed E-state index contributed by atoms with van der Waals surface area (Å²) in [5, 5.41) is 47.1. The second kappa shape index (κ2) is 15.9. The van der Waals surface area contributed by atoms with Gasteiger partial charge in [0.2, 0.25) is 0 Å². The third kappa shape index (κ3) is 7.76. The molecule has 2 fully saturated rings. The standard InChI is InChI=1S/C39H54N2O7/c1-24(2)10-6-11-25(3)12-7-14-28(23-43)30-18-20-39(35(30)45)32(16-9-21-42)29(17-19-38(39,5)47)26(4)33(44)22-27-13-8-15-31-34(27)48-37(46)41-36(31)40/h7-8,10,12-15,30,32,35-36,42-43,45,47H,3,6,9,11,16-23,40H2,1-2,4-5H3,(H,41,46)/b12-7+,28-14-,29-26+/t30-,32-,35-,36+,38-,39-/m1/s1. The van der Waals surface area contributed by atoms with Crippen LogP contribution in [0.2, 0.25) is 0 Å². The number of para-hydroxylation sites is 1. The van der Waals surface area contributed by atoms with E-state index in [0.717, 1.165) is 24.0 Å². The van der Waals surface area contributed by atoms with Crippen LogP contribution in [0.15, 0.2) is 76.9 Å². The Morgan fingerprint density at radius 3 is 2.65 bits per heavy atom. The van der Waals surface area contributed by atoms with Crippen molar-refractivity contribution in [2.24, 2.45) is 23.0 Å². The Kier molecular flexibility index (Phi) is 12.4. The third-order valence-electron chi connectivity index (χ3n) is 10.9. The fourth-order valence-electron chi connectivity index (χ4n) is 8.22. The maximum absolute atomic E-state index is 13.9. The van der Waals surface area contributed by atoms with Gasteiger partial charge in [-0.2, -0.15) is 0 Å². The van der Waals surface area contributed by atoms with Crippen molar-refractivity contribution in [2.45, 2.75) is 103 Å². The first-order chi connectivity index (χ1) is 22.8. The average Bonchev–Trinajstić information content (AvgIpc) is 3.37. The molecule has 1 aliphatic heterocycles. The minimum atomic E-state index is -1.25. The van der Waals surface area contributed by atoms with Gasteiger partial charge in [-0.3, -0.25) is 4.79 Å². The highest BCUT2D eigenvalue weighted by molar-refractivity contribution is 5.97. The van der Waals surface area contributed by atoms with Crippen LogP contribution in [0.5, 0.6) is 5.75 Å². The lowest BCUT2D eigenvalue weighted by Gasteiger charge is -2.55. The van der Waals surface area contributed by atoms with Gasteiger partial charge in [-0.15, -0.1) is 0 Å². The van der Waals surface area contributed by atoms with E-state index in [9.17, 15) is 30.0 Å². The molecule has 1 aromatic rings. The number of nitrogens with one attached hydrogen (secondary N) is 1. The van der Waals surface area contributed by atoms with Crippen molar-refractivity contribution >= 4 is 11.9 Å². The molecule has 0 unspecified atom stereocenters. The number of rotatable bonds is 13. The van der Waals surface area contributed by atoms with Crippen LogP contribution < -0.4 is 15.8 Å². The van der Waals surface area contributed by atoms with Crippen molar-refractivity contribution in [1.82, 2.24) is 5.32 Å². The lowest BCUT2D eigenvalue weighted by molar-refractivity contribution is -0.167. The summed E-state index contributed by atoms with van der Waals surface area (Å²) < 4.78 is 5.43. The zero-order chi connectivity index (χ0) is 35.2. The first kappa shape index (κ1) is 37.5. The first-order valence-corrected chi connectivity index (χ1v) is 17.2. The number of carbonyl (C=O) groups is 2. The quantitative estimate of drug-likeness (QED) is 0.0898. The van der Waals surface area contributed by atoms with Gasteiger partial charge in [0.15, 0.2) is 5.78 Å². The summed E-state index contributed by atoms with van der Waals surface area (Å²) >= 11 is 0. The van der Waals surface area contributed by atoms with Crippen LogP contribution >= 0.6 is 0 Å². The lowest BCUT2D eigenvalue weighted by atomic mass is 9.52. The number of aliphatic hydroxyl groups excluding tert-OH is 3. The summed E-state index contributed by atoms with van der Waals surface area (Å²) in [5.74, 6) is -0.618. The molecular formula is C39H54N2O7. The summed E-state index contributed by atoms with van der Waals surface area (Å²) in [6.45, 7) is 11.5. The summed E-state index contributed by atoms with van der Waals surface area (Å²) in [4.78, 5) is 26.0. The molecule has 0 radical (unpaired) electrons. The van der Waals surface area contributed by atoms with Crippen LogP contribution in [0.25, 0.3) is 0 Å². The van der Waals surface area contributed by atoms with Crippen molar-refractivity contribution in [3.05, 3.63) is 88.1 Å². The van der Waals surface area contributed by atoms with Crippen molar-refractivity contribution in [1.29, 1.82) is 0 Å². The van der Waals surface area contributed by atoms with E-state index in [1.807, 2.05) is 18.2 Å². The topological polar surface area (TPSA) is 162 Å². The molecule has 2 aliphatic carbocycles. The second-order valence-corrected chi connectivity index (χ2v) is 14.2. The van der Waals surface area contributed by atoms with Crippen LogP contribution in [-0.2, 0) is 11.2 Å². The molecule has 4 rings (SSSR count). The Bertz CT molecular complexity index is 1500. The molecule has 1 aromatic carbocycles. The fourth-order valence-corrected chi connectivity index (χ4v) is 8.22. The van der Waals surface area contributed by atoms with Gasteiger partial charge in [0.1, 0.15) is 11.9 Å². The molecule has 9 heteroatoms. The maximum atomic E-state index is 13.9. The van der Waals surface area contributed by atoms with Crippen molar-refractivity contribution in [3.8, 4) is 5.75 Å². The van der Waals surface area contributed by atoms with E-state index in [4.69, 9.17) is 10.5 Å². The summed E-state index contributed by atoms with van der Waals surface area (Å²) in [7, 11) is 0.